The molecule has 0 aliphatic carbocycles. The van der Waals surface area contributed by atoms with Crippen LogP contribution in [0.3, 0.4) is 0 Å². The molecule has 1 N–H and O–H groups in total. The standard InChI is InChI=1S/C47H33N5S/c1-49-46(33-13-6-3-7-14-33)51-47(50-30-31-11-4-2-5-12-31)34-20-23-36(24-21-34)52-42-25-19-32(29-48)27-40(42)41-28-35(22-26-43(41)52)37-16-10-17-39-38-15-8-9-18-44(38)53-45(37)39/h2-28H,30H2,1H3,(H,49,50,51). The summed E-state index contributed by atoms with van der Waals surface area (Å²) in [6.07, 6.45) is 0. The average molecular weight is 700 g/mol. The number of amidine groups is 2. The zero-order valence-corrected chi connectivity index (χ0v) is 29.8. The van der Waals surface area contributed by atoms with Crippen molar-refractivity contribution in [3.8, 4) is 22.9 Å². The molecule has 0 radical (unpaired) electrons. The highest BCUT2D eigenvalue weighted by molar-refractivity contribution is 7.26. The molecule has 0 atom stereocenters. The summed E-state index contributed by atoms with van der Waals surface area (Å²) in [5.74, 6) is 1.40. The largest absolute Gasteiger partial charge is 0.373 e. The Morgan fingerprint density at radius 3 is 2.13 bits per heavy atom. The molecule has 0 saturated heterocycles. The second-order valence-corrected chi connectivity index (χ2v) is 14.0. The summed E-state index contributed by atoms with van der Waals surface area (Å²) in [4.78, 5) is 10.1. The first-order valence-electron chi connectivity index (χ1n) is 17.6. The Kier molecular flexibility index (Phi) is 8.32. The Morgan fingerprint density at radius 1 is 0.660 bits per heavy atom. The van der Waals surface area contributed by atoms with E-state index >= 15 is 0 Å². The van der Waals surface area contributed by atoms with Gasteiger partial charge in [0.1, 0.15) is 5.84 Å². The molecule has 5 nitrogen and oxygen atoms in total. The quantitative estimate of drug-likeness (QED) is 0.139. The van der Waals surface area contributed by atoms with Crippen LogP contribution in [0.1, 0.15) is 22.3 Å². The summed E-state index contributed by atoms with van der Waals surface area (Å²) >= 11 is 1.84. The molecule has 0 amide bonds. The van der Waals surface area contributed by atoms with E-state index in [1.807, 2.05) is 79.0 Å². The van der Waals surface area contributed by atoms with Gasteiger partial charge in [-0.3, -0.25) is 4.99 Å². The molecule has 6 heteroatoms. The van der Waals surface area contributed by atoms with Crippen LogP contribution in [0.5, 0.6) is 0 Å². The monoisotopic (exact) mass is 699 g/mol. The smallest absolute Gasteiger partial charge is 0.157 e. The van der Waals surface area contributed by atoms with E-state index in [9.17, 15) is 5.26 Å². The maximum absolute atomic E-state index is 9.88. The number of nitriles is 1. The van der Waals surface area contributed by atoms with E-state index in [2.05, 4.69) is 119 Å². The molecule has 0 aliphatic heterocycles. The van der Waals surface area contributed by atoms with Gasteiger partial charge in [0.25, 0.3) is 0 Å². The molecule has 0 saturated carbocycles. The molecule has 0 unspecified atom stereocenters. The second kappa shape index (κ2) is 13.7. The summed E-state index contributed by atoms with van der Waals surface area (Å²) in [6.45, 7) is 0.513. The first-order valence-corrected chi connectivity index (χ1v) is 18.4. The lowest BCUT2D eigenvalue weighted by Crippen LogP contribution is -2.21. The van der Waals surface area contributed by atoms with Gasteiger partial charge in [-0.2, -0.15) is 5.26 Å². The van der Waals surface area contributed by atoms with Crippen molar-refractivity contribution < 1.29 is 0 Å². The van der Waals surface area contributed by atoms with Crippen LogP contribution in [0.15, 0.2) is 174 Å². The number of nitrogens with zero attached hydrogens (tertiary/aromatic N) is 4. The van der Waals surface area contributed by atoms with Gasteiger partial charge in [-0.15, -0.1) is 11.3 Å². The molecular weight excluding hydrogens is 667 g/mol. The minimum Gasteiger partial charge on any atom is -0.373 e. The van der Waals surface area contributed by atoms with Gasteiger partial charge < -0.3 is 9.88 Å². The van der Waals surface area contributed by atoms with Gasteiger partial charge >= 0.3 is 0 Å². The SMILES string of the molecule is CNC(=NC(=NCc1ccccc1)c1ccc(-n2c3ccc(C#N)cc3c3cc(-c4cccc5c4sc4ccccc45)ccc32)cc1)c1ccccc1. The third-order valence-corrected chi connectivity index (χ3v) is 11.0. The molecule has 53 heavy (non-hydrogen) atoms. The normalized spacial score (nSPS) is 12.2. The van der Waals surface area contributed by atoms with Gasteiger partial charge in [0.2, 0.25) is 0 Å². The number of hydrogen-bond donors (Lipinski definition) is 1. The van der Waals surface area contributed by atoms with Gasteiger partial charge in [0.15, 0.2) is 5.84 Å². The fourth-order valence-electron chi connectivity index (χ4n) is 7.18. The van der Waals surface area contributed by atoms with E-state index in [0.29, 0.717) is 17.9 Å². The van der Waals surface area contributed by atoms with E-state index in [-0.39, 0.29) is 0 Å². The van der Waals surface area contributed by atoms with Crippen molar-refractivity contribution >= 4 is 65.0 Å². The lowest BCUT2D eigenvalue weighted by atomic mass is 10.0. The maximum atomic E-state index is 9.88. The topological polar surface area (TPSA) is 65.5 Å². The number of rotatable bonds is 6. The lowest BCUT2D eigenvalue weighted by Gasteiger charge is -2.11. The van der Waals surface area contributed by atoms with Crippen LogP contribution in [0.2, 0.25) is 0 Å². The van der Waals surface area contributed by atoms with Gasteiger partial charge in [-0.25, -0.2) is 4.99 Å². The van der Waals surface area contributed by atoms with E-state index in [0.717, 1.165) is 55.6 Å². The van der Waals surface area contributed by atoms with Crippen LogP contribution in [-0.2, 0) is 6.54 Å². The molecule has 0 spiro atoms. The maximum Gasteiger partial charge on any atom is 0.157 e. The molecule has 2 aromatic heterocycles. The zero-order chi connectivity index (χ0) is 35.7. The molecule has 9 aromatic rings. The van der Waals surface area contributed by atoms with Crippen LogP contribution in [-0.4, -0.2) is 23.3 Å². The number of thiophene rings is 1. The second-order valence-electron chi connectivity index (χ2n) is 12.9. The third-order valence-electron chi connectivity index (χ3n) is 9.75. The summed E-state index contributed by atoms with van der Waals surface area (Å²) in [6, 6.07) is 59.1. The number of aliphatic imine (C=N–C) groups is 2. The zero-order valence-electron chi connectivity index (χ0n) is 29.0. The molecule has 9 rings (SSSR count). The predicted molar refractivity (Wildman–Crippen MR) is 223 cm³/mol. The Hall–Kier alpha value is -6.81. The van der Waals surface area contributed by atoms with Gasteiger partial charge in [0, 0.05) is 54.8 Å². The Bertz CT molecular complexity index is 2890. The highest BCUT2D eigenvalue weighted by atomic mass is 32.1. The molecule has 0 fully saturated rings. The van der Waals surface area contributed by atoms with E-state index < -0.39 is 0 Å². The fourth-order valence-corrected chi connectivity index (χ4v) is 8.42. The van der Waals surface area contributed by atoms with E-state index in [1.54, 1.807) is 0 Å². The number of benzene rings is 7. The van der Waals surface area contributed by atoms with Crippen molar-refractivity contribution in [3.63, 3.8) is 0 Å². The Balaban J connectivity index is 1.16. The van der Waals surface area contributed by atoms with Crippen molar-refractivity contribution in [2.24, 2.45) is 9.98 Å². The predicted octanol–water partition coefficient (Wildman–Crippen LogP) is 11.3. The first-order chi connectivity index (χ1) is 26.2. The molecule has 7 aromatic carbocycles. The van der Waals surface area contributed by atoms with Crippen LogP contribution in [0.4, 0.5) is 0 Å². The van der Waals surface area contributed by atoms with E-state index in [1.165, 1.54) is 25.7 Å². The molecule has 2 heterocycles. The van der Waals surface area contributed by atoms with Gasteiger partial charge in [-0.1, -0.05) is 103 Å². The summed E-state index contributed by atoms with van der Waals surface area (Å²) < 4.78 is 4.86. The Labute approximate surface area is 311 Å². The summed E-state index contributed by atoms with van der Waals surface area (Å²) in [5, 5.41) is 17.9. The van der Waals surface area contributed by atoms with Crippen molar-refractivity contribution in [1.82, 2.24) is 9.88 Å². The number of hydrogen-bond acceptors (Lipinski definition) is 3. The fraction of sp³-hybridized carbons (Fsp3) is 0.0426. The molecule has 252 valence electrons. The minimum absolute atomic E-state index is 0.513. The highest BCUT2D eigenvalue weighted by Crippen LogP contribution is 2.42. The average Bonchev–Trinajstić information content (AvgIpc) is 3.77. The van der Waals surface area contributed by atoms with Crippen molar-refractivity contribution in [3.05, 3.63) is 186 Å². The summed E-state index contributed by atoms with van der Waals surface area (Å²) in [5.41, 5.74) is 9.17. The van der Waals surface area contributed by atoms with E-state index in [4.69, 9.17) is 9.98 Å². The third kappa shape index (κ3) is 5.93. The van der Waals surface area contributed by atoms with Crippen LogP contribution in [0, 0.1) is 11.3 Å². The van der Waals surface area contributed by atoms with Crippen LogP contribution >= 0.6 is 11.3 Å². The number of fused-ring (bicyclic) bond motifs is 6. The number of nitrogens with one attached hydrogen (secondary N) is 1. The summed E-state index contributed by atoms with van der Waals surface area (Å²) in [7, 11) is 1.89. The van der Waals surface area contributed by atoms with Crippen molar-refractivity contribution in [2.45, 2.75) is 6.54 Å². The number of aromatic nitrogens is 1. The Morgan fingerprint density at radius 2 is 1.36 bits per heavy atom. The minimum atomic E-state index is 0.513. The van der Waals surface area contributed by atoms with Crippen molar-refractivity contribution in [2.75, 3.05) is 7.05 Å². The molecule has 0 aliphatic rings. The van der Waals surface area contributed by atoms with Gasteiger partial charge in [0.05, 0.1) is 29.2 Å². The van der Waals surface area contributed by atoms with Crippen molar-refractivity contribution in [1.29, 1.82) is 5.26 Å². The van der Waals surface area contributed by atoms with Crippen LogP contribution < -0.4 is 5.32 Å². The van der Waals surface area contributed by atoms with Gasteiger partial charge in [-0.05, 0) is 77.4 Å². The molecule has 0 bridgehead atoms. The van der Waals surface area contributed by atoms with Crippen LogP contribution in [0.25, 0.3) is 58.8 Å². The molecular formula is C47H33N5S. The highest BCUT2D eigenvalue weighted by Gasteiger charge is 2.17. The first kappa shape index (κ1) is 32.1. The lowest BCUT2D eigenvalue weighted by molar-refractivity contribution is 1.06.